The van der Waals surface area contributed by atoms with E-state index in [-0.39, 0.29) is 6.61 Å². The zero-order valence-corrected chi connectivity index (χ0v) is 11.3. The summed E-state index contributed by atoms with van der Waals surface area (Å²) in [5.74, 6) is 1.77. The molecule has 0 atom stereocenters. The van der Waals surface area contributed by atoms with Gasteiger partial charge in [0.25, 0.3) is 0 Å². The van der Waals surface area contributed by atoms with Gasteiger partial charge in [-0.05, 0) is 18.2 Å². The van der Waals surface area contributed by atoms with Crippen LogP contribution in [0.3, 0.4) is 0 Å². The molecule has 0 unspecified atom stereocenters. The summed E-state index contributed by atoms with van der Waals surface area (Å²) in [6, 6.07) is 5.04. The molecule has 0 N–H and O–H groups in total. The van der Waals surface area contributed by atoms with Crippen molar-refractivity contribution in [1.82, 2.24) is 9.55 Å². The summed E-state index contributed by atoms with van der Waals surface area (Å²) in [4.78, 5) is 15.1. The molecule has 5 nitrogen and oxygen atoms in total. The first kappa shape index (κ1) is 13.4. The molecule has 0 spiro atoms. The molecule has 0 aliphatic carbocycles. The summed E-state index contributed by atoms with van der Waals surface area (Å²) < 4.78 is 12.3. The van der Waals surface area contributed by atoms with Crippen LogP contribution < -0.4 is 9.47 Å². The van der Waals surface area contributed by atoms with Crippen molar-refractivity contribution >= 4 is 17.9 Å². The third-order valence-corrected chi connectivity index (χ3v) is 3.08. The zero-order valence-electron chi connectivity index (χ0n) is 10.6. The molecule has 0 saturated heterocycles. The molecule has 0 fully saturated rings. The van der Waals surface area contributed by atoms with Crippen LogP contribution in [0.5, 0.6) is 11.5 Å². The molecule has 2 aromatic rings. The third-order valence-electron chi connectivity index (χ3n) is 2.73. The average molecular weight is 281 g/mol. The Bertz CT molecular complexity index is 596. The standard InChI is InChI=1S/C13H13ClN2O3/c1-16-12(14)6-15-13(16)8-19-11-4-3-10(18-2)5-9(11)7-17/h3-7H,8H2,1-2H3. The van der Waals surface area contributed by atoms with Gasteiger partial charge in [0.1, 0.15) is 29.1 Å². The number of hydrogen-bond acceptors (Lipinski definition) is 4. The predicted octanol–water partition coefficient (Wildman–Crippen LogP) is 2.47. The van der Waals surface area contributed by atoms with E-state index >= 15 is 0 Å². The van der Waals surface area contributed by atoms with Gasteiger partial charge in [-0.2, -0.15) is 0 Å². The van der Waals surface area contributed by atoms with E-state index in [0.29, 0.717) is 28.0 Å². The van der Waals surface area contributed by atoms with Crippen LogP contribution in [0.2, 0.25) is 5.15 Å². The van der Waals surface area contributed by atoms with Gasteiger partial charge >= 0.3 is 0 Å². The van der Waals surface area contributed by atoms with Crippen molar-refractivity contribution in [2.45, 2.75) is 6.61 Å². The van der Waals surface area contributed by atoms with Crippen molar-refractivity contribution in [3.05, 3.63) is 40.9 Å². The van der Waals surface area contributed by atoms with E-state index in [4.69, 9.17) is 21.1 Å². The maximum absolute atomic E-state index is 11.0. The number of imidazole rings is 1. The first-order chi connectivity index (χ1) is 9.15. The Hall–Kier alpha value is -2.01. The summed E-state index contributed by atoms with van der Waals surface area (Å²) in [7, 11) is 3.34. The Morgan fingerprint density at radius 1 is 1.47 bits per heavy atom. The number of benzene rings is 1. The molecule has 2 rings (SSSR count). The maximum Gasteiger partial charge on any atom is 0.153 e. The van der Waals surface area contributed by atoms with Crippen molar-refractivity contribution in [3.63, 3.8) is 0 Å². The van der Waals surface area contributed by atoms with Crippen LogP contribution in [0.4, 0.5) is 0 Å². The summed E-state index contributed by atoms with van der Waals surface area (Å²) in [6.07, 6.45) is 2.28. The molecule has 1 aromatic carbocycles. The fraction of sp³-hybridized carbons (Fsp3) is 0.231. The summed E-state index contributed by atoms with van der Waals surface area (Å²) >= 11 is 5.88. The highest BCUT2D eigenvalue weighted by atomic mass is 35.5. The summed E-state index contributed by atoms with van der Waals surface area (Å²) in [5, 5.41) is 0.531. The van der Waals surface area contributed by atoms with Gasteiger partial charge in [-0.1, -0.05) is 11.6 Å². The Kier molecular flexibility index (Phi) is 4.06. The van der Waals surface area contributed by atoms with E-state index < -0.39 is 0 Å². The molecule has 1 heterocycles. The van der Waals surface area contributed by atoms with Crippen LogP contribution in [-0.2, 0) is 13.7 Å². The minimum absolute atomic E-state index is 0.233. The number of carbonyl (C=O) groups is 1. The molecule has 19 heavy (non-hydrogen) atoms. The Labute approximate surface area is 115 Å². The topological polar surface area (TPSA) is 53.4 Å². The second kappa shape index (κ2) is 5.75. The Morgan fingerprint density at radius 3 is 2.84 bits per heavy atom. The number of nitrogens with zero attached hydrogens (tertiary/aromatic N) is 2. The number of hydrogen-bond donors (Lipinski definition) is 0. The minimum Gasteiger partial charge on any atom is -0.497 e. The van der Waals surface area contributed by atoms with Gasteiger partial charge in [-0.25, -0.2) is 4.98 Å². The van der Waals surface area contributed by atoms with Crippen molar-refractivity contribution in [1.29, 1.82) is 0 Å². The molecule has 0 aliphatic heterocycles. The molecule has 1 aromatic heterocycles. The number of methoxy groups -OCH3 is 1. The van der Waals surface area contributed by atoms with Crippen LogP contribution in [0.1, 0.15) is 16.2 Å². The van der Waals surface area contributed by atoms with Crippen molar-refractivity contribution in [2.24, 2.45) is 7.05 Å². The van der Waals surface area contributed by atoms with Crippen LogP contribution in [0, 0.1) is 0 Å². The lowest BCUT2D eigenvalue weighted by atomic mass is 10.2. The van der Waals surface area contributed by atoms with Gasteiger partial charge < -0.3 is 14.0 Å². The molecule has 0 amide bonds. The summed E-state index contributed by atoms with van der Waals surface area (Å²) in [6.45, 7) is 0.233. The molecule has 0 bridgehead atoms. The second-order valence-electron chi connectivity index (χ2n) is 3.87. The lowest BCUT2D eigenvalue weighted by Gasteiger charge is -2.09. The average Bonchev–Trinajstić information content (AvgIpc) is 2.76. The first-order valence-corrected chi connectivity index (χ1v) is 5.95. The Morgan fingerprint density at radius 2 is 2.26 bits per heavy atom. The van der Waals surface area contributed by atoms with Crippen LogP contribution in [0.15, 0.2) is 24.4 Å². The number of aromatic nitrogens is 2. The van der Waals surface area contributed by atoms with Gasteiger partial charge in [0, 0.05) is 7.05 Å². The van der Waals surface area contributed by atoms with E-state index in [1.165, 1.54) is 0 Å². The van der Waals surface area contributed by atoms with E-state index in [1.807, 2.05) is 0 Å². The van der Waals surface area contributed by atoms with Crippen molar-refractivity contribution < 1.29 is 14.3 Å². The fourth-order valence-corrected chi connectivity index (χ4v) is 1.72. The van der Waals surface area contributed by atoms with Crippen LogP contribution >= 0.6 is 11.6 Å². The molecule has 100 valence electrons. The van der Waals surface area contributed by atoms with Gasteiger partial charge in [-0.3, -0.25) is 4.79 Å². The monoisotopic (exact) mass is 280 g/mol. The highest BCUT2D eigenvalue weighted by Gasteiger charge is 2.08. The zero-order chi connectivity index (χ0) is 13.8. The van der Waals surface area contributed by atoms with Gasteiger partial charge in [0.2, 0.25) is 0 Å². The molecular weight excluding hydrogens is 268 g/mol. The molecular formula is C13H13ClN2O3. The van der Waals surface area contributed by atoms with E-state index in [0.717, 1.165) is 6.29 Å². The highest BCUT2D eigenvalue weighted by molar-refractivity contribution is 6.29. The second-order valence-corrected chi connectivity index (χ2v) is 4.25. The number of aldehydes is 1. The van der Waals surface area contributed by atoms with E-state index in [2.05, 4.69) is 4.98 Å². The lowest BCUT2D eigenvalue weighted by Crippen LogP contribution is -2.05. The number of rotatable bonds is 5. The number of carbonyl (C=O) groups excluding carboxylic acids is 1. The van der Waals surface area contributed by atoms with Crippen molar-refractivity contribution in [3.8, 4) is 11.5 Å². The quantitative estimate of drug-likeness (QED) is 0.790. The van der Waals surface area contributed by atoms with Crippen LogP contribution in [-0.4, -0.2) is 22.9 Å². The molecule has 0 radical (unpaired) electrons. The summed E-state index contributed by atoms with van der Waals surface area (Å²) in [5.41, 5.74) is 0.430. The molecule has 6 heteroatoms. The van der Waals surface area contributed by atoms with E-state index in [1.54, 1.807) is 43.1 Å². The van der Waals surface area contributed by atoms with Crippen LogP contribution in [0.25, 0.3) is 0 Å². The number of ether oxygens (including phenoxy) is 2. The first-order valence-electron chi connectivity index (χ1n) is 5.58. The predicted molar refractivity (Wildman–Crippen MR) is 70.9 cm³/mol. The fourth-order valence-electron chi connectivity index (χ4n) is 1.58. The van der Waals surface area contributed by atoms with E-state index in [9.17, 15) is 4.79 Å². The number of halogens is 1. The molecule has 0 saturated carbocycles. The normalized spacial score (nSPS) is 10.3. The van der Waals surface area contributed by atoms with Gasteiger partial charge in [0.05, 0.1) is 18.9 Å². The Balaban J connectivity index is 2.15. The van der Waals surface area contributed by atoms with Crippen molar-refractivity contribution in [2.75, 3.05) is 7.11 Å². The lowest BCUT2D eigenvalue weighted by molar-refractivity contribution is 0.111. The maximum atomic E-state index is 11.0. The highest BCUT2D eigenvalue weighted by Crippen LogP contribution is 2.23. The van der Waals surface area contributed by atoms with Gasteiger partial charge in [0.15, 0.2) is 6.29 Å². The smallest absolute Gasteiger partial charge is 0.153 e. The minimum atomic E-state index is 0.233. The SMILES string of the molecule is COc1ccc(OCc2ncc(Cl)n2C)c(C=O)c1. The third kappa shape index (κ3) is 2.88. The van der Waals surface area contributed by atoms with Gasteiger partial charge in [-0.15, -0.1) is 0 Å². The largest absolute Gasteiger partial charge is 0.497 e. The molecule has 0 aliphatic rings.